The van der Waals surface area contributed by atoms with Gasteiger partial charge in [-0.2, -0.15) is 0 Å². The van der Waals surface area contributed by atoms with Crippen molar-refractivity contribution in [1.29, 1.82) is 0 Å². The number of ether oxygens (including phenoxy) is 1. The highest BCUT2D eigenvalue weighted by atomic mass is 16.6. The van der Waals surface area contributed by atoms with Crippen molar-refractivity contribution in [3.8, 4) is 11.8 Å². The number of pyridine rings is 2. The number of fused-ring (bicyclic) bond motifs is 2. The number of alkyl carbamates (subject to hydrolysis) is 1. The summed E-state index contributed by atoms with van der Waals surface area (Å²) in [4.78, 5) is 57.2. The molecule has 1 atom stereocenters. The molecular formula is C35H38N8O4. The van der Waals surface area contributed by atoms with Crippen molar-refractivity contribution in [2.24, 2.45) is 0 Å². The van der Waals surface area contributed by atoms with E-state index in [0.717, 1.165) is 29.3 Å². The number of rotatable bonds is 7. The highest BCUT2D eigenvalue weighted by Gasteiger charge is 2.29. The zero-order valence-electron chi connectivity index (χ0n) is 27.1. The molecule has 12 heteroatoms. The lowest BCUT2D eigenvalue weighted by molar-refractivity contribution is 0.0499. The van der Waals surface area contributed by atoms with Crippen molar-refractivity contribution >= 4 is 34.0 Å². The first-order chi connectivity index (χ1) is 22.6. The number of hydrogen-bond acceptors (Lipinski definition) is 8. The Morgan fingerprint density at radius 3 is 2.53 bits per heavy atom. The van der Waals surface area contributed by atoms with Gasteiger partial charge in [-0.25, -0.2) is 19.1 Å². The first kappa shape index (κ1) is 31.5. The van der Waals surface area contributed by atoms with Gasteiger partial charge in [-0.15, -0.1) is 5.92 Å². The quantitative estimate of drug-likeness (QED) is 0.267. The molecule has 1 aromatic carbocycles. The zero-order valence-corrected chi connectivity index (χ0v) is 27.1. The molecule has 1 unspecified atom stereocenters. The van der Waals surface area contributed by atoms with Crippen LogP contribution in [0, 0.1) is 11.8 Å². The summed E-state index contributed by atoms with van der Waals surface area (Å²) in [6, 6.07) is 15.0. The normalized spacial score (nSPS) is 15.0. The van der Waals surface area contributed by atoms with Gasteiger partial charge >= 0.3 is 6.09 Å². The Hall–Kier alpha value is -5.44. The predicted molar refractivity (Wildman–Crippen MR) is 180 cm³/mol. The average Bonchev–Trinajstić information content (AvgIpc) is 3.44. The minimum absolute atomic E-state index is 0.0712. The molecule has 1 aliphatic rings. The van der Waals surface area contributed by atoms with Crippen molar-refractivity contribution in [3.05, 3.63) is 92.9 Å². The van der Waals surface area contributed by atoms with E-state index in [0.29, 0.717) is 24.7 Å². The van der Waals surface area contributed by atoms with Gasteiger partial charge < -0.3 is 15.0 Å². The van der Waals surface area contributed by atoms with Crippen LogP contribution in [-0.4, -0.2) is 59.7 Å². The maximum absolute atomic E-state index is 14.5. The number of nitrogens with one attached hydrogen (secondary N) is 1. The molecule has 47 heavy (non-hydrogen) atoms. The number of carbonyl (C=O) groups excluding carboxylic acids is 1. The fourth-order valence-electron chi connectivity index (χ4n) is 5.90. The summed E-state index contributed by atoms with van der Waals surface area (Å²) in [7, 11) is 0. The second-order valence-electron chi connectivity index (χ2n) is 12.6. The minimum Gasteiger partial charge on any atom is -0.444 e. The number of hydrogen-bond donors (Lipinski definition) is 1. The molecule has 4 aromatic heterocycles. The van der Waals surface area contributed by atoms with Gasteiger partial charge in [0.1, 0.15) is 11.1 Å². The van der Waals surface area contributed by atoms with E-state index in [1.807, 2.05) is 74.2 Å². The van der Waals surface area contributed by atoms with Crippen molar-refractivity contribution in [2.45, 2.75) is 71.8 Å². The summed E-state index contributed by atoms with van der Waals surface area (Å²) in [6.45, 7) is 8.64. The summed E-state index contributed by atoms with van der Waals surface area (Å²) in [5.74, 6) is 6.43. The number of benzene rings is 1. The van der Waals surface area contributed by atoms with E-state index < -0.39 is 17.3 Å². The molecule has 1 aliphatic heterocycles. The maximum atomic E-state index is 14.5. The molecule has 1 saturated heterocycles. The SMILES string of the molecule is CC#CCn1c(N2CCCC(NC(=O)OC(C)(C)C)C2)nc2c(=O)n(Cc3ccncc3)n(Cc3ccc4ccccc4n3)c(=O)c21. The first-order valence-corrected chi connectivity index (χ1v) is 15.7. The van der Waals surface area contributed by atoms with Gasteiger partial charge in [0.2, 0.25) is 5.95 Å². The highest BCUT2D eigenvalue weighted by Crippen LogP contribution is 2.23. The first-order valence-electron chi connectivity index (χ1n) is 15.7. The molecular weight excluding hydrogens is 596 g/mol. The minimum atomic E-state index is -0.621. The van der Waals surface area contributed by atoms with E-state index >= 15 is 0 Å². The van der Waals surface area contributed by atoms with Crippen LogP contribution in [0.5, 0.6) is 0 Å². The average molecular weight is 635 g/mol. The monoisotopic (exact) mass is 634 g/mol. The number of anilines is 1. The Labute approximate surface area is 272 Å². The second kappa shape index (κ2) is 13.1. The molecule has 12 nitrogen and oxygen atoms in total. The van der Waals surface area contributed by atoms with E-state index in [9.17, 15) is 14.4 Å². The molecule has 0 aliphatic carbocycles. The lowest BCUT2D eigenvalue weighted by Crippen LogP contribution is -2.49. The smallest absolute Gasteiger partial charge is 0.407 e. The standard InChI is InChI=1S/C35H38N8O4/c1-5-6-20-41-30-29(39-33(41)40-19-9-11-26(22-40)38-34(46)47-35(2,3)4)31(44)42(21-24-15-17-36-18-16-24)43(32(30)45)23-27-14-13-25-10-7-8-12-28(25)37-27/h7-8,10,12-18,26H,9,11,19-23H2,1-4H3,(H,38,46). The lowest BCUT2D eigenvalue weighted by atomic mass is 10.1. The van der Waals surface area contributed by atoms with Crippen LogP contribution in [0.25, 0.3) is 21.9 Å². The fraction of sp³-hybridized carbons (Fsp3) is 0.371. The third kappa shape index (κ3) is 6.89. The van der Waals surface area contributed by atoms with Gasteiger partial charge in [-0.1, -0.05) is 30.2 Å². The molecule has 242 valence electrons. The third-order valence-electron chi connectivity index (χ3n) is 8.00. The van der Waals surface area contributed by atoms with Gasteiger partial charge in [-0.3, -0.25) is 24.1 Å². The summed E-state index contributed by atoms with van der Waals surface area (Å²) >= 11 is 0. The van der Waals surface area contributed by atoms with Crippen LogP contribution in [-0.2, 0) is 24.4 Å². The van der Waals surface area contributed by atoms with Gasteiger partial charge in [-0.05, 0) is 70.4 Å². The summed E-state index contributed by atoms with van der Waals surface area (Å²) in [6.07, 6.45) is 4.35. The number of aromatic nitrogens is 6. The van der Waals surface area contributed by atoms with Crippen molar-refractivity contribution in [3.63, 3.8) is 0 Å². The molecule has 0 saturated carbocycles. The summed E-state index contributed by atoms with van der Waals surface area (Å²) < 4.78 is 10.1. The molecule has 0 spiro atoms. The predicted octanol–water partition coefficient (Wildman–Crippen LogP) is 3.92. The van der Waals surface area contributed by atoms with Gasteiger partial charge in [0.05, 0.1) is 30.8 Å². The molecule has 0 radical (unpaired) electrons. The van der Waals surface area contributed by atoms with Crippen LogP contribution in [0.15, 0.2) is 70.5 Å². The van der Waals surface area contributed by atoms with Crippen LogP contribution in [0.4, 0.5) is 10.7 Å². The number of carbonyl (C=O) groups is 1. The fourth-order valence-corrected chi connectivity index (χ4v) is 5.90. The number of imidazole rings is 1. The van der Waals surface area contributed by atoms with Crippen molar-refractivity contribution < 1.29 is 9.53 Å². The molecule has 1 N–H and O–H groups in total. The van der Waals surface area contributed by atoms with Crippen LogP contribution in [0.3, 0.4) is 0 Å². The van der Waals surface area contributed by atoms with Crippen LogP contribution < -0.4 is 21.3 Å². The maximum Gasteiger partial charge on any atom is 0.407 e. The van der Waals surface area contributed by atoms with Gasteiger partial charge in [0.15, 0.2) is 5.52 Å². The van der Waals surface area contributed by atoms with Crippen molar-refractivity contribution in [1.82, 2.24) is 34.2 Å². The van der Waals surface area contributed by atoms with E-state index in [4.69, 9.17) is 14.7 Å². The topological polar surface area (TPSA) is 129 Å². The molecule has 5 aromatic rings. The van der Waals surface area contributed by atoms with Crippen LogP contribution in [0.1, 0.15) is 51.8 Å². The zero-order chi connectivity index (χ0) is 33.1. The second-order valence-corrected chi connectivity index (χ2v) is 12.6. The number of nitrogens with zero attached hydrogens (tertiary/aromatic N) is 7. The van der Waals surface area contributed by atoms with Crippen molar-refractivity contribution in [2.75, 3.05) is 18.0 Å². The molecule has 1 amide bonds. The Kier molecular flexibility index (Phi) is 8.80. The Morgan fingerprint density at radius 2 is 1.77 bits per heavy atom. The van der Waals surface area contributed by atoms with E-state index in [2.05, 4.69) is 22.1 Å². The lowest BCUT2D eigenvalue weighted by Gasteiger charge is -2.34. The van der Waals surface area contributed by atoms with E-state index in [-0.39, 0.29) is 42.3 Å². The number of para-hydroxylation sites is 1. The van der Waals surface area contributed by atoms with E-state index in [1.54, 1.807) is 23.9 Å². The Balaban J connectivity index is 1.46. The van der Waals surface area contributed by atoms with E-state index in [1.165, 1.54) is 9.36 Å². The Morgan fingerprint density at radius 1 is 1.00 bits per heavy atom. The Bertz CT molecular complexity index is 2120. The largest absolute Gasteiger partial charge is 0.444 e. The summed E-state index contributed by atoms with van der Waals surface area (Å²) in [5.41, 5.74) is 1.10. The highest BCUT2D eigenvalue weighted by molar-refractivity contribution is 5.79. The van der Waals surface area contributed by atoms with Gasteiger partial charge in [0, 0.05) is 36.9 Å². The molecule has 5 heterocycles. The molecule has 0 bridgehead atoms. The summed E-state index contributed by atoms with van der Waals surface area (Å²) in [5, 5.41) is 3.95. The van der Waals surface area contributed by atoms with Gasteiger partial charge in [0.25, 0.3) is 11.1 Å². The third-order valence-corrected chi connectivity index (χ3v) is 8.00. The number of piperidine rings is 1. The molecule has 1 fully saturated rings. The van der Waals surface area contributed by atoms with Crippen LogP contribution in [0.2, 0.25) is 0 Å². The molecule has 6 rings (SSSR count). The van der Waals surface area contributed by atoms with Crippen LogP contribution >= 0.6 is 0 Å². The number of amides is 1.